The van der Waals surface area contributed by atoms with Crippen molar-refractivity contribution < 1.29 is 14.7 Å². The Morgan fingerprint density at radius 1 is 0.721 bits per heavy atom. The van der Waals surface area contributed by atoms with E-state index >= 15 is 0 Å². The van der Waals surface area contributed by atoms with Crippen LogP contribution in [0.2, 0.25) is 0 Å². The number of likely N-dealkylation sites (N-methyl/N-ethyl adjacent to an activating group) is 1. The van der Waals surface area contributed by atoms with Gasteiger partial charge in [-0.15, -0.1) is 0 Å². The Bertz CT molecular complexity index is 1600. The van der Waals surface area contributed by atoms with Gasteiger partial charge in [0.2, 0.25) is 0 Å². The second-order valence-electron chi connectivity index (χ2n) is 13.7. The average Bonchev–Trinajstić information content (AvgIpc) is 3.41. The number of nitrogens with zero attached hydrogens (tertiary/aromatic N) is 3. The quantitative estimate of drug-likeness (QED) is 0.264. The second kappa shape index (κ2) is 11.5. The SMILES string of the molecule is CN1CCN(C(=O)c2ccc(-c3c(-c4ccc(C(=O)O)cc4)n[nH]c3-c3cc(C(C)(C)C)cc(C(C)(C)C)c3)cc2)CC1. The highest BCUT2D eigenvalue weighted by atomic mass is 16.4. The number of hydrogen-bond donors (Lipinski definition) is 2. The maximum atomic E-state index is 13.3. The Hall–Kier alpha value is -4.23. The Kier molecular flexibility index (Phi) is 8.05. The molecule has 1 aliphatic rings. The molecule has 2 heterocycles. The minimum Gasteiger partial charge on any atom is -0.478 e. The Morgan fingerprint density at radius 2 is 1.23 bits per heavy atom. The monoisotopic (exact) mass is 578 g/mol. The molecule has 7 nitrogen and oxygen atoms in total. The molecular formula is C36H42N4O3. The molecule has 1 amide bonds. The van der Waals surface area contributed by atoms with Crippen molar-refractivity contribution in [2.45, 2.75) is 52.4 Å². The zero-order valence-electron chi connectivity index (χ0n) is 26.3. The van der Waals surface area contributed by atoms with Crippen molar-refractivity contribution >= 4 is 11.9 Å². The number of aromatic nitrogens is 2. The van der Waals surface area contributed by atoms with E-state index in [4.69, 9.17) is 5.10 Å². The first-order valence-electron chi connectivity index (χ1n) is 14.9. The van der Waals surface area contributed by atoms with Gasteiger partial charge in [-0.2, -0.15) is 5.10 Å². The van der Waals surface area contributed by atoms with E-state index in [1.54, 1.807) is 24.3 Å². The smallest absolute Gasteiger partial charge is 0.335 e. The van der Waals surface area contributed by atoms with Gasteiger partial charge in [0.05, 0.1) is 11.3 Å². The molecule has 1 aromatic heterocycles. The van der Waals surface area contributed by atoms with Gasteiger partial charge in [-0.1, -0.05) is 71.9 Å². The van der Waals surface area contributed by atoms with Crippen molar-refractivity contribution in [3.05, 3.63) is 89.0 Å². The molecule has 1 saturated heterocycles. The summed E-state index contributed by atoms with van der Waals surface area (Å²) in [6.45, 7) is 16.5. The summed E-state index contributed by atoms with van der Waals surface area (Å²) in [6, 6.07) is 21.3. The number of carbonyl (C=O) groups excluding carboxylic acids is 1. The van der Waals surface area contributed by atoms with Gasteiger partial charge in [0.1, 0.15) is 5.69 Å². The molecule has 7 heteroatoms. The maximum Gasteiger partial charge on any atom is 0.335 e. The largest absolute Gasteiger partial charge is 0.478 e. The number of rotatable bonds is 5. The lowest BCUT2D eigenvalue weighted by molar-refractivity contribution is 0.0662. The summed E-state index contributed by atoms with van der Waals surface area (Å²) >= 11 is 0. The predicted molar refractivity (Wildman–Crippen MR) is 173 cm³/mol. The predicted octanol–water partition coefficient (Wildman–Crippen LogP) is 7.09. The van der Waals surface area contributed by atoms with Gasteiger partial charge in [0.25, 0.3) is 5.91 Å². The number of carbonyl (C=O) groups is 2. The van der Waals surface area contributed by atoms with Crippen molar-refractivity contribution in [2.75, 3.05) is 33.2 Å². The highest BCUT2D eigenvalue weighted by Crippen LogP contribution is 2.41. The van der Waals surface area contributed by atoms with E-state index in [1.165, 1.54) is 11.1 Å². The van der Waals surface area contributed by atoms with E-state index < -0.39 is 5.97 Å². The zero-order valence-corrected chi connectivity index (χ0v) is 26.3. The second-order valence-corrected chi connectivity index (χ2v) is 13.7. The lowest BCUT2D eigenvalue weighted by Gasteiger charge is -2.32. The standard InChI is InChI=1S/C36H42N4O3/c1-35(2,3)28-20-27(21-29(22-28)36(4,5)6)32-30(31(37-38-32)24-10-14-26(15-11-24)34(42)43)23-8-12-25(13-9-23)33(41)40-18-16-39(7)17-19-40/h8-15,20-22H,16-19H2,1-7H3,(H,37,38)(H,42,43). The van der Waals surface area contributed by atoms with Crippen LogP contribution in [0, 0.1) is 0 Å². The summed E-state index contributed by atoms with van der Waals surface area (Å²) < 4.78 is 0. The first-order valence-corrected chi connectivity index (χ1v) is 14.9. The van der Waals surface area contributed by atoms with Crippen LogP contribution in [0.3, 0.4) is 0 Å². The first kappa shape index (κ1) is 30.2. The van der Waals surface area contributed by atoms with Crippen LogP contribution in [-0.2, 0) is 10.8 Å². The van der Waals surface area contributed by atoms with Gasteiger partial charge in [-0.3, -0.25) is 9.89 Å². The maximum absolute atomic E-state index is 13.3. The minimum absolute atomic E-state index is 0.0456. The lowest BCUT2D eigenvalue weighted by Crippen LogP contribution is -2.47. The topological polar surface area (TPSA) is 89.5 Å². The van der Waals surface area contributed by atoms with Crippen LogP contribution in [0.15, 0.2) is 66.7 Å². The molecule has 43 heavy (non-hydrogen) atoms. The van der Waals surface area contributed by atoms with E-state index in [1.807, 2.05) is 29.2 Å². The van der Waals surface area contributed by atoms with Crippen molar-refractivity contribution in [1.29, 1.82) is 0 Å². The van der Waals surface area contributed by atoms with E-state index in [0.29, 0.717) is 5.56 Å². The third-order valence-corrected chi connectivity index (χ3v) is 8.34. The molecule has 0 atom stereocenters. The van der Waals surface area contributed by atoms with Gasteiger partial charge in [-0.05, 0) is 71.0 Å². The number of piperazine rings is 1. The zero-order chi connectivity index (χ0) is 31.1. The molecule has 0 bridgehead atoms. The number of carboxylic acid groups (broad SMARTS) is 1. The average molecular weight is 579 g/mol. The molecule has 0 unspecified atom stereocenters. The van der Waals surface area contributed by atoms with Crippen LogP contribution < -0.4 is 0 Å². The molecular weight excluding hydrogens is 536 g/mol. The molecule has 2 N–H and O–H groups in total. The van der Waals surface area contributed by atoms with Crippen LogP contribution in [0.5, 0.6) is 0 Å². The number of aromatic amines is 1. The number of benzene rings is 3. The molecule has 4 aromatic rings. The minimum atomic E-state index is -0.969. The van der Waals surface area contributed by atoms with Gasteiger partial charge in [0, 0.05) is 48.4 Å². The highest BCUT2D eigenvalue weighted by molar-refractivity contribution is 5.97. The van der Waals surface area contributed by atoms with Gasteiger partial charge >= 0.3 is 5.97 Å². The molecule has 0 saturated carbocycles. The number of H-pyrrole nitrogens is 1. The number of nitrogens with one attached hydrogen (secondary N) is 1. The molecule has 0 radical (unpaired) electrons. The van der Waals surface area contributed by atoms with Gasteiger partial charge in [-0.25, -0.2) is 4.79 Å². The molecule has 0 aliphatic carbocycles. The van der Waals surface area contributed by atoms with Gasteiger partial charge < -0.3 is 14.9 Å². The summed E-state index contributed by atoms with van der Waals surface area (Å²) in [6.07, 6.45) is 0. The summed E-state index contributed by atoms with van der Waals surface area (Å²) in [5, 5.41) is 17.6. The van der Waals surface area contributed by atoms with Crippen molar-refractivity contribution in [3.8, 4) is 33.6 Å². The normalized spacial score (nSPS) is 14.6. The third-order valence-electron chi connectivity index (χ3n) is 8.34. The first-order chi connectivity index (χ1) is 20.2. The fraction of sp³-hybridized carbons (Fsp3) is 0.361. The fourth-order valence-electron chi connectivity index (χ4n) is 5.42. The van der Waals surface area contributed by atoms with E-state index in [2.05, 4.69) is 76.8 Å². The number of carboxylic acids is 1. The van der Waals surface area contributed by atoms with Crippen molar-refractivity contribution in [3.63, 3.8) is 0 Å². The van der Waals surface area contributed by atoms with Crippen molar-refractivity contribution in [1.82, 2.24) is 20.0 Å². The summed E-state index contributed by atoms with van der Waals surface area (Å²) in [5.41, 5.74) is 8.52. The lowest BCUT2D eigenvalue weighted by atomic mass is 9.79. The summed E-state index contributed by atoms with van der Waals surface area (Å²) in [5.74, 6) is -0.923. The number of aromatic carboxylic acids is 1. The van der Waals surface area contributed by atoms with Crippen LogP contribution in [0.1, 0.15) is 73.4 Å². The highest BCUT2D eigenvalue weighted by Gasteiger charge is 2.25. The Morgan fingerprint density at radius 3 is 1.74 bits per heavy atom. The van der Waals surface area contributed by atoms with E-state index in [9.17, 15) is 14.7 Å². The fourth-order valence-corrected chi connectivity index (χ4v) is 5.42. The third kappa shape index (κ3) is 6.42. The number of hydrogen-bond acceptors (Lipinski definition) is 4. The molecule has 1 aliphatic heterocycles. The summed E-state index contributed by atoms with van der Waals surface area (Å²) in [4.78, 5) is 28.9. The summed E-state index contributed by atoms with van der Waals surface area (Å²) in [7, 11) is 2.08. The number of amides is 1. The van der Waals surface area contributed by atoms with E-state index in [-0.39, 0.29) is 22.3 Å². The molecule has 224 valence electrons. The molecule has 3 aromatic carbocycles. The molecule has 0 spiro atoms. The Labute approximate surface area is 254 Å². The van der Waals surface area contributed by atoms with Crippen molar-refractivity contribution in [2.24, 2.45) is 0 Å². The van der Waals surface area contributed by atoms with Gasteiger partial charge in [0.15, 0.2) is 0 Å². The molecule has 1 fully saturated rings. The Balaban J connectivity index is 1.64. The van der Waals surface area contributed by atoms with Crippen LogP contribution in [0.4, 0.5) is 0 Å². The molecule has 5 rings (SSSR count). The van der Waals surface area contributed by atoms with Crippen LogP contribution >= 0.6 is 0 Å². The van der Waals surface area contributed by atoms with E-state index in [0.717, 1.165) is 59.8 Å². The van der Waals surface area contributed by atoms with Crippen LogP contribution in [-0.4, -0.2) is 70.2 Å². The van der Waals surface area contributed by atoms with Crippen LogP contribution in [0.25, 0.3) is 33.6 Å².